The number of aromatic nitrogens is 2. The average Bonchev–Trinajstić information content (AvgIpc) is 3.11. The van der Waals surface area contributed by atoms with E-state index >= 15 is 0 Å². The normalized spacial score (nSPS) is 10.8. The van der Waals surface area contributed by atoms with E-state index in [0.29, 0.717) is 17.1 Å². The monoisotopic (exact) mass is 405 g/mol. The van der Waals surface area contributed by atoms with Crippen molar-refractivity contribution in [2.75, 3.05) is 7.11 Å². The molecule has 1 aromatic heterocycles. The standard InChI is InChI=1S/C20H18F3N3O3/c1-12-24-7-8-26(12)16-5-3-13(9-15(16)21)11-25-19(27)14-4-6-17(28-2)18(10-14)29-20(22)23/h3-10,20H,11H2,1-2H3,(H,25,27). The first-order valence-electron chi connectivity index (χ1n) is 8.59. The fraction of sp³-hybridized carbons (Fsp3) is 0.200. The van der Waals surface area contributed by atoms with Crippen LogP contribution >= 0.6 is 0 Å². The molecule has 152 valence electrons. The molecule has 1 heterocycles. The summed E-state index contributed by atoms with van der Waals surface area (Å²) < 4.78 is 50.4. The molecule has 3 aromatic rings. The van der Waals surface area contributed by atoms with Crippen LogP contribution in [0.2, 0.25) is 0 Å². The first kappa shape index (κ1) is 20.2. The molecule has 1 N–H and O–H groups in total. The molecule has 0 saturated heterocycles. The zero-order valence-corrected chi connectivity index (χ0v) is 15.7. The Hall–Kier alpha value is -3.49. The van der Waals surface area contributed by atoms with E-state index in [-0.39, 0.29) is 23.6 Å². The summed E-state index contributed by atoms with van der Waals surface area (Å²) in [6, 6.07) is 8.51. The van der Waals surface area contributed by atoms with Gasteiger partial charge in [-0.05, 0) is 42.8 Å². The summed E-state index contributed by atoms with van der Waals surface area (Å²) in [6.07, 6.45) is 3.22. The van der Waals surface area contributed by atoms with Crippen LogP contribution in [0.1, 0.15) is 21.7 Å². The Labute approximate surface area is 164 Å². The van der Waals surface area contributed by atoms with Gasteiger partial charge in [0.25, 0.3) is 5.91 Å². The van der Waals surface area contributed by atoms with Gasteiger partial charge in [-0.25, -0.2) is 9.37 Å². The highest BCUT2D eigenvalue weighted by atomic mass is 19.3. The lowest BCUT2D eigenvalue weighted by atomic mass is 10.1. The van der Waals surface area contributed by atoms with Crippen molar-refractivity contribution in [2.45, 2.75) is 20.1 Å². The van der Waals surface area contributed by atoms with E-state index in [2.05, 4.69) is 15.0 Å². The van der Waals surface area contributed by atoms with Crippen LogP contribution in [-0.2, 0) is 6.54 Å². The number of amides is 1. The van der Waals surface area contributed by atoms with Gasteiger partial charge < -0.3 is 19.4 Å². The quantitative estimate of drug-likeness (QED) is 0.648. The number of rotatable bonds is 7. The van der Waals surface area contributed by atoms with Crippen LogP contribution in [0.4, 0.5) is 13.2 Å². The summed E-state index contributed by atoms with van der Waals surface area (Å²) in [7, 11) is 1.30. The van der Waals surface area contributed by atoms with Crippen LogP contribution in [0.3, 0.4) is 0 Å². The number of hydrogen-bond acceptors (Lipinski definition) is 4. The second-order valence-electron chi connectivity index (χ2n) is 6.06. The van der Waals surface area contributed by atoms with Crippen molar-refractivity contribution in [2.24, 2.45) is 0 Å². The largest absolute Gasteiger partial charge is 0.493 e. The second kappa shape index (κ2) is 8.68. The highest BCUT2D eigenvalue weighted by Crippen LogP contribution is 2.29. The molecule has 9 heteroatoms. The molecule has 0 spiro atoms. The van der Waals surface area contributed by atoms with E-state index in [1.165, 1.54) is 25.3 Å². The minimum atomic E-state index is -3.05. The van der Waals surface area contributed by atoms with E-state index in [9.17, 15) is 18.0 Å². The van der Waals surface area contributed by atoms with Gasteiger partial charge in [0.1, 0.15) is 11.6 Å². The second-order valence-corrected chi connectivity index (χ2v) is 6.06. The third kappa shape index (κ3) is 4.68. The summed E-state index contributed by atoms with van der Waals surface area (Å²) in [5, 5.41) is 2.62. The molecule has 0 unspecified atom stereocenters. The number of carbonyl (C=O) groups excluding carboxylic acids is 1. The van der Waals surface area contributed by atoms with Gasteiger partial charge in [-0.1, -0.05) is 6.07 Å². The molecule has 0 saturated carbocycles. The van der Waals surface area contributed by atoms with Crippen molar-refractivity contribution in [1.29, 1.82) is 0 Å². The van der Waals surface area contributed by atoms with Crippen molar-refractivity contribution in [3.8, 4) is 17.2 Å². The first-order valence-corrected chi connectivity index (χ1v) is 8.59. The van der Waals surface area contributed by atoms with E-state index in [4.69, 9.17) is 4.74 Å². The van der Waals surface area contributed by atoms with Gasteiger partial charge in [-0.15, -0.1) is 0 Å². The Bertz CT molecular complexity index is 1020. The van der Waals surface area contributed by atoms with E-state index in [1.807, 2.05) is 0 Å². The molecule has 0 aliphatic rings. The molecule has 6 nitrogen and oxygen atoms in total. The highest BCUT2D eigenvalue weighted by molar-refractivity contribution is 5.94. The molecule has 0 fully saturated rings. The van der Waals surface area contributed by atoms with Gasteiger partial charge in [0.2, 0.25) is 0 Å². The number of halogens is 3. The number of carbonyl (C=O) groups is 1. The number of nitrogens with one attached hydrogen (secondary N) is 1. The molecule has 0 aliphatic carbocycles. The van der Waals surface area contributed by atoms with Crippen LogP contribution in [0.5, 0.6) is 11.5 Å². The molecule has 0 bridgehead atoms. The van der Waals surface area contributed by atoms with Crippen LogP contribution < -0.4 is 14.8 Å². The predicted octanol–water partition coefficient (Wildman–Crippen LogP) is 3.86. The molecule has 3 rings (SSSR count). The van der Waals surface area contributed by atoms with Gasteiger partial charge in [-0.3, -0.25) is 4.79 Å². The number of hydrogen-bond donors (Lipinski definition) is 1. The van der Waals surface area contributed by atoms with E-state index in [0.717, 1.165) is 6.07 Å². The summed E-state index contributed by atoms with van der Waals surface area (Å²) >= 11 is 0. The van der Waals surface area contributed by atoms with Crippen molar-refractivity contribution in [3.63, 3.8) is 0 Å². The highest BCUT2D eigenvalue weighted by Gasteiger charge is 2.15. The van der Waals surface area contributed by atoms with Crippen LogP contribution in [0, 0.1) is 12.7 Å². The summed E-state index contributed by atoms with van der Waals surface area (Å²) in [5.41, 5.74) is 0.988. The Morgan fingerprint density at radius 1 is 1.21 bits per heavy atom. The third-order valence-electron chi connectivity index (χ3n) is 4.19. The van der Waals surface area contributed by atoms with E-state index < -0.39 is 18.3 Å². The molecule has 1 amide bonds. The van der Waals surface area contributed by atoms with Crippen molar-refractivity contribution in [3.05, 3.63) is 71.6 Å². The fourth-order valence-corrected chi connectivity index (χ4v) is 2.78. The molecule has 29 heavy (non-hydrogen) atoms. The Morgan fingerprint density at radius 3 is 2.62 bits per heavy atom. The number of imidazole rings is 1. The van der Waals surface area contributed by atoms with Gasteiger partial charge in [0.05, 0.1) is 12.8 Å². The number of ether oxygens (including phenoxy) is 2. The lowest BCUT2D eigenvalue weighted by Crippen LogP contribution is -2.23. The van der Waals surface area contributed by atoms with E-state index in [1.54, 1.807) is 36.0 Å². The maximum Gasteiger partial charge on any atom is 0.387 e. The topological polar surface area (TPSA) is 65.4 Å². The summed E-state index contributed by atoms with van der Waals surface area (Å²) in [4.78, 5) is 16.4. The van der Waals surface area contributed by atoms with Gasteiger partial charge in [0, 0.05) is 24.5 Å². The minimum absolute atomic E-state index is 0.0516. The van der Waals surface area contributed by atoms with Gasteiger partial charge in [0.15, 0.2) is 11.5 Å². The molecule has 0 aliphatic heterocycles. The average molecular weight is 405 g/mol. The maximum absolute atomic E-state index is 14.4. The van der Waals surface area contributed by atoms with Crippen molar-refractivity contribution in [1.82, 2.24) is 14.9 Å². The van der Waals surface area contributed by atoms with Gasteiger partial charge in [-0.2, -0.15) is 8.78 Å². The fourth-order valence-electron chi connectivity index (χ4n) is 2.78. The van der Waals surface area contributed by atoms with Crippen LogP contribution in [-0.4, -0.2) is 29.2 Å². The lowest BCUT2D eigenvalue weighted by Gasteiger charge is -2.12. The maximum atomic E-state index is 14.4. The number of benzene rings is 2. The van der Waals surface area contributed by atoms with Crippen molar-refractivity contribution >= 4 is 5.91 Å². The Balaban J connectivity index is 1.71. The zero-order chi connectivity index (χ0) is 21.0. The predicted molar refractivity (Wildman–Crippen MR) is 99.1 cm³/mol. The third-order valence-corrected chi connectivity index (χ3v) is 4.19. The lowest BCUT2D eigenvalue weighted by molar-refractivity contribution is -0.0512. The Morgan fingerprint density at radius 2 is 2.00 bits per heavy atom. The molecular weight excluding hydrogens is 387 g/mol. The van der Waals surface area contributed by atoms with Crippen LogP contribution in [0.25, 0.3) is 5.69 Å². The van der Waals surface area contributed by atoms with Crippen LogP contribution in [0.15, 0.2) is 48.8 Å². The summed E-state index contributed by atoms with van der Waals surface area (Å²) in [6.45, 7) is -1.24. The molecule has 2 aromatic carbocycles. The minimum Gasteiger partial charge on any atom is -0.493 e. The number of methoxy groups -OCH3 is 1. The summed E-state index contributed by atoms with van der Waals surface area (Å²) in [5.74, 6) is -0.515. The first-order chi connectivity index (χ1) is 13.9. The van der Waals surface area contributed by atoms with Gasteiger partial charge >= 0.3 is 6.61 Å². The number of aryl methyl sites for hydroxylation is 1. The number of nitrogens with zero attached hydrogens (tertiary/aromatic N) is 2. The number of alkyl halides is 2. The SMILES string of the molecule is COc1ccc(C(=O)NCc2ccc(-n3ccnc3C)c(F)c2)cc1OC(F)F. The zero-order valence-electron chi connectivity index (χ0n) is 15.7. The molecule has 0 radical (unpaired) electrons. The molecule has 0 atom stereocenters. The molecular formula is C20H18F3N3O3. The smallest absolute Gasteiger partial charge is 0.387 e. The van der Waals surface area contributed by atoms with Crippen molar-refractivity contribution < 1.29 is 27.4 Å². The Kier molecular flexibility index (Phi) is 6.06.